The van der Waals surface area contributed by atoms with E-state index >= 15 is 0 Å². The van der Waals surface area contributed by atoms with E-state index in [9.17, 15) is 5.11 Å². The second-order valence-corrected chi connectivity index (χ2v) is 6.75. The first-order valence-electron chi connectivity index (χ1n) is 9.30. The molecule has 0 aromatic heterocycles. The second-order valence-electron chi connectivity index (χ2n) is 6.34. The van der Waals surface area contributed by atoms with Crippen molar-refractivity contribution in [2.24, 2.45) is 4.99 Å². The van der Waals surface area contributed by atoms with Gasteiger partial charge in [0, 0.05) is 36.3 Å². The SMILES string of the molecule is CCNC(=NCC(O)c1ccccc1Cl)N1CCC(N(CC)CC)C1.I. The number of likely N-dealkylation sites (tertiary alicyclic amines) is 1. The largest absolute Gasteiger partial charge is 0.386 e. The number of nitrogens with zero attached hydrogens (tertiary/aromatic N) is 3. The van der Waals surface area contributed by atoms with Crippen LogP contribution in [0, 0.1) is 0 Å². The van der Waals surface area contributed by atoms with Crippen molar-refractivity contribution in [2.75, 3.05) is 39.3 Å². The van der Waals surface area contributed by atoms with E-state index in [1.54, 1.807) is 6.07 Å². The maximum Gasteiger partial charge on any atom is 0.194 e. The third kappa shape index (κ3) is 6.25. The van der Waals surface area contributed by atoms with Gasteiger partial charge in [-0.1, -0.05) is 43.6 Å². The lowest BCUT2D eigenvalue weighted by atomic mass is 10.1. The third-order valence-electron chi connectivity index (χ3n) is 4.80. The van der Waals surface area contributed by atoms with Crippen LogP contribution in [-0.4, -0.2) is 66.2 Å². The summed E-state index contributed by atoms with van der Waals surface area (Å²) >= 11 is 6.17. The molecule has 0 aliphatic carbocycles. The number of benzene rings is 1. The molecule has 148 valence electrons. The molecule has 1 fully saturated rings. The van der Waals surface area contributed by atoms with Crippen molar-refractivity contribution in [3.8, 4) is 0 Å². The molecule has 1 aliphatic rings. The van der Waals surface area contributed by atoms with Crippen LogP contribution >= 0.6 is 35.6 Å². The fourth-order valence-electron chi connectivity index (χ4n) is 3.41. The van der Waals surface area contributed by atoms with Gasteiger partial charge in [0.25, 0.3) is 0 Å². The zero-order valence-electron chi connectivity index (χ0n) is 16.0. The highest BCUT2D eigenvalue weighted by Crippen LogP contribution is 2.23. The van der Waals surface area contributed by atoms with Gasteiger partial charge in [-0.25, -0.2) is 0 Å². The Morgan fingerprint density at radius 1 is 1.35 bits per heavy atom. The summed E-state index contributed by atoms with van der Waals surface area (Å²) in [5.74, 6) is 0.878. The molecule has 0 saturated carbocycles. The van der Waals surface area contributed by atoms with Crippen LogP contribution in [0.25, 0.3) is 0 Å². The highest BCUT2D eigenvalue weighted by atomic mass is 127. The van der Waals surface area contributed by atoms with Gasteiger partial charge in [0.1, 0.15) is 6.10 Å². The molecular formula is C19H32ClIN4O. The summed E-state index contributed by atoms with van der Waals surface area (Å²) in [5.41, 5.74) is 0.728. The van der Waals surface area contributed by atoms with E-state index in [0.717, 1.165) is 50.7 Å². The average Bonchev–Trinajstić information content (AvgIpc) is 3.09. The van der Waals surface area contributed by atoms with Crippen LogP contribution in [0.5, 0.6) is 0 Å². The number of aliphatic hydroxyl groups excluding tert-OH is 1. The van der Waals surface area contributed by atoms with Crippen molar-refractivity contribution < 1.29 is 5.11 Å². The van der Waals surface area contributed by atoms with Crippen LogP contribution in [0.15, 0.2) is 29.3 Å². The minimum atomic E-state index is -0.691. The van der Waals surface area contributed by atoms with Gasteiger partial charge in [0.15, 0.2) is 5.96 Å². The molecule has 5 nitrogen and oxygen atoms in total. The van der Waals surface area contributed by atoms with Gasteiger partial charge >= 0.3 is 0 Å². The zero-order valence-corrected chi connectivity index (χ0v) is 19.1. The molecule has 0 radical (unpaired) electrons. The number of hydrogen-bond acceptors (Lipinski definition) is 3. The van der Waals surface area contributed by atoms with Crippen molar-refractivity contribution >= 4 is 41.5 Å². The van der Waals surface area contributed by atoms with Crippen LogP contribution in [0.1, 0.15) is 38.9 Å². The number of halogens is 2. The Morgan fingerprint density at radius 2 is 2.04 bits per heavy atom. The number of likely N-dealkylation sites (N-methyl/N-ethyl adjacent to an activating group) is 1. The predicted molar refractivity (Wildman–Crippen MR) is 121 cm³/mol. The molecule has 1 saturated heterocycles. The van der Waals surface area contributed by atoms with E-state index in [2.05, 4.69) is 40.9 Å². The second kappa shape index (κ2) is 12.0. The normalized spacial score (nSPS) is 18.8. The molecule has 2 rings (SSSR count). The van der Waals surface area contributed by atoms with Crippen molar-refractivity contribution in [3.05, 3.63) is 34.9 Å². The molecule has 0 spiro atoms. The van der Waals surface area contributed by atoms with Gasteiger partial charge in [-0.3, -0.25) is 9.89 Å². The van der Waals surface area contributed by atoms with Crippen LogP contribution in [0.4, 0.5) is 0 Å². The average molecular weight is 495 g/mol. The van der Waals surface area contributed by atoms with Crippen LogP contribution in [0.2, 0.25) is 5.02 Å². The Balaban J connectivity index is 0.00000338. The maximum absolute atomic E-state index is 10.4. The molecule has 7 heteroatoms. The highest BCUT2D eigenvalue weighted by molar-refractivity contribution is 14.0. The molecule has 0 bridgehead atoms. The molecule has 1 aromatic rings. The molecule has 1 aromatic carbocycles. The van der Waals surface area contributed by atoms with Gasteiger partial charge < -0.3 is 15.3 Å². The van der Waals surface area contributed by atoms with Gasteiger partial charge in [-0.05, 0) is 32.5 Å². The number of nitrogens with one attached hydrogen (secondary N) is 1. The minimum absolute atomic E-state index is 0. The van der Waals surface area contributed by atoms with Crippen LogP contribution < -0.4 is 5.32 Å². The number of aliphatic imine (C=N–C) groups is 1. The first kappa shape index (κ1) is 23.5. The fraction of sp³-hybridized carbons (Fsp3) is 0.632. The summed E-state index contributed by atoms with van der Waals surface area (Å²) in [6, 6.07) is 7.97. The predicted octanol–water partition coefficient (Wildman–Crippen LogP) is 3.37. The first-order chi connectivity index (χ1) is 12.1. The van der Waals surface area contributed by atoms with Crippen molar-refractivity contribution in [1.82, 2.24) is 15.1 Å². The van der Waals surface area contributed by atoms with Crippen molar-refractivity contribution in [3.63, 3.8) is 0 Å². The summed E-state index contributed by atoms with van der Waals surface area (Å²) in [4.78, 5) is 9.46. The highest BCUT2D eigenvalue weighted by Gasteiger charge is 2.28. The molecule has 2 atom stereocenters. The van der Waals surface area contributed by atoms with E-state index < -0.39 is 6.10 Å². The summed E-state index contributed by atoms with van der Waals surface area (Å²) in [6.45, 7) is 11.7. The lowest BCUT2D eigenvalue weighted by Crippen LogP contribution is -2.43. The molecule has 26 heavy (non-hydrogen) atoms. The number of guanidine groups is 1. The van der Waals surface area contributed by atoms with Crippen molar-refractivity contribution in [2.45, 2.75) is 39.3 Å². The Labute approximate surface area is 179 Å². The van der Waals surface area contributed by atoms with Gasteiger partial charge in [0.2, 0.25) is 0 Å². The smallest absolute Gasteiger partial charge is 0.194 e. The summed E-state index contributed by atoms with van der Waals surface area (Å²) in [7, 11) is 0. The van der Waals surface area contributed by atoms with E-state index in [0.29, 0.717) is 17.6 Å². The summed E-state index contributed by atoms with van der Waals surface area (Å²) < 4.78 is 0. The van der Waals surface area contributed by atoms with Crippen molar-refractivity contribution in [1.29, 1.82) is 0 Å². The topological polar surface area (TPSA) is 51.1 Å². The Bertz CT molecular complexity index is 568. The summed E-state index contributed by atoms with van der Waals surface area (Å²) in [6.07, 6.45) is 0.461. The monoisotopic (exact) mass is 494 g/mol. The number of hydrogen-bond donors (Lipinski definition) is 2. The Hall–Kier alpha value is -0.570. The van der Waals surface area contributed by atoms with Crippen LogP contribution in [0.3, 0.4) is 0 Å². The molecule has 1 heterocycles. The maximum atomic E-state index is 10.4. The molecule has 1 aliphatic heterocycles. The Kier molecular flexibility index (Phi) is 10.8. The lowest BCUT2D eigenvalue weighted by Gasteiger charge is -2.27. The van der Waals surface area contributed by atoms with Gasteiger partial charge in [-0.15, -0.1) is 24.0 Å². The van der Waals surface area contributed by atoms with E-state index in [-0.39, 0.29) is 24.0 Å². The van der Waals surface area contributed by atoms with E-state index in [1.807, 2.05) is 18.2 Å². The summed E-state index contributed by atoms with van der Waals surface area (Å²) in [5, 5.41) is 14.4. The fourth-order valence-corrected chi connectivity index (χ4v) is 3.68. The number of aliphatic hydroxyl groups is 1. The quantitative estimate of drug-likeness (QED) is 0.347. The third-order valence-corrected chi connectivity index (χ3v) is 5.15. The minimum Gasteiger partial charge on any atom is -0.386 e. The standard InChI is InChI=1S/C19H31ClN4O.HI/c1-4-21-19(24-12-11-15(14-24)23(5-2)6-3)22-13-18(25)16-9-7-8-10-17(16)20;/h7-10,15,18,25H,4-6,11-14H2,1-3H3,(H,21,22);1H. The number of rotatable bonds is 7. The molecule has 2 unspecified atom stereocenters. The Morgan fingerprint density at radius 3 is 2.65 bits per heavy atom. The zero-order chi connectivity index (χ0) is 18.2. The van der Waals surface area contributed by atoms with E-state index in [1.165, 1.54) is 0 Å². The molecular weight excluding hydrogens is 463 g/mol. The first-order valence-corrected chi connectivity index (χ1v) is 9.68. The molecule has 2 N–H and O–H groups in total. The van der Waals surface area contributed by atoms with Gasteiger partial charge in [0.05, 0.1) is 6.54 Å². The van der Waals surface area contributed by atoms with Crippen LogP contribution in [-0.2, 0) is 0 Å². The van der Waals surface area contributed by atoms with Gasteiger partial charge in [-0.2, -0.15) is 0 Å². The molecule has 0 amide bonds. The van der Waals surface area contributed by atoms with E-state index in [4.69, 9.17) is 11.6 Å². The lowest BCUT2D eigenvalue weighted by molar-refractivity contribution is 0.186.